The van der Waals surface area contributed by atoms with E-state index in [1.54, 1.807) is 0 Å². The van der Waals surface area contributed by atoms with Gasteiger partial charge < -0.3 is 24.8 Å². The van der Waals surface area contributed by atoms with Crippen molar-refractivity contribution in [2.24, 2.45) is 10.9 Å². The van der Waals surface area contributed by atoms with Gasteiger partial charge in [-0.15, -0.1) is 0 Å². The Kier molecular flexibility index (Phi) is 8.84. The molecule has 6 heteroatoms. The van der Waals surface area contributed by atoms with Crippen molar-refractivity contribution in [3.63, 3.8) is 0 Å². The lowest BCUT2D eigenvalue weighted by molar-refractivity contribution is 0.166. The minimum atomic E-state index is 0.477. The molecule has 2 aromatic rings. The van der Waals surface area contributed by atoms with Crippen LogP contribution < -0.4 is 20.1 Å². The molecule has 0 bridgehead atoms. The standard InChI is InChI=1S/C24H33N3O3/c1-3-25-24(26-12-14-29-22-7-5-4-6-8-22)27-16-21-10-9-19(2)15-23(21)30-18-20-11-13-28-17-20/h4-10,15,20H,3,11-14,16-18H2,1-2H3,(H2,25,26,27). The average molecular weight is 412 g/mol. The van der Waals surface area contributed by atoms with Crippen LogP contribution in [0.4, 0.5) is 0 Å². The number of para-hydroxylation sites is 1. The minimum absolute atomic E-state index is 0.477. The summed E-state index contributed by atoms with van der Waals surface area (Å²) in [5.41, 5.74) is 2.26. The summed E-state index contributed by atoms with van der Waals surface area (Å²) in [6.45, 7) is 9.03. The van der Waals surface area contributed by atoms with Crippen molar-refractivity contribution in [1.82, 2.24) is 10.6 Å². The Morgan fingerprint density at radius 2 is 2.00 bits per heavy atom. The van der Waals surface area contributed by atoms with E-state index >= 15 is 0 Å². The molecule has 30 heavy (non-hydrogen) atoms. The average Bonchev–Trinajstić information content (AvgIpc) is 3.29. The van der Waals surface area contributed by atoms with Crippen molar-refractivity contribution < 1.29 is 14.2 Å². The molecule has 2 N–H and O–H groups in total. The van der Waals surface area contributed by atoms with Crippen LogP contribution in [-0.4, -0.2) is 45.5 Å². The van der Waals surface area contributed by atoms with E-state index in [9.17, 15) is 0 Å². The fourth-order valence-corrected chi connectivity index (χ4v) is 3.21. The molecule has 3 rings (SSSR count). The number of aryl methyl sites for hydroxylation is 1. The fraction of sp³-hybridized carbons (Fsp3) is 0.458. The van der Waals surface area contributed by atoms with Gasteiger partial charge in [-0.2, -0.15) is 0 Å². The first kappa shape index (κ1) is 22.0. The molecule has 0 aliphatic carbocycles. The molecule has 0 saturated carbocycles. The number of ether oxygens (including phenoxy) is 3. The van der Waals surface area contributed by atoms with Gasteiger partial charge in [0.1, 0.15) is 18.1 Å². The number of hydrogen-bond acceptors (Lipinski definition) is 4. The highest BCUT2D eigenvalue weighted by molar-refractivity contribution is 5.79. The van der Waals surface area contributed by atoms with Gasteiger partial charge in [0.05, 0.1) is 26.3 Å². The molecule has 0 spiro atoms. The molecule has 1 aliphatic rings. The third-order valence-electron chi connectivity index (χ3n) is 4.88. The van der Waals surface area contributed by atoms with E-state index in [0.29, 0.717) is 32.2 Å². The van der Waals surface area contributed by atoms with E-state index in [4.69, 9.17) is 19.2 Å². The quantitative estimate of drug-likeness (QED) is 0.356. The predicted molar refractivity (Wildman–Crippen MR) is 120 cm³/mol. The second kappa shape index (κ2) is 12.1. The van der Waals surface area contributed by atoms with Crippen LogP contribution in [0.1, 0.15) is 24.5 Å². The summed E-state index contributed by atoms with van der Waals surface area (Å²) >= 11 is 0. The van der Waals surface area contributed by atoms with Gasteiger partial charge in [-0.25, -0.2) is 4.99 Å². The van der Waals surface area contributed by atoms with Crippen LogP contribution in [0.15, 0.2) is 53.5 Å². The SMILES string of the molecule is CCNC(=NCc1ccc(C)cc1OCC1CCOC1)NCCOc1ccccc1. The first-order valence-electron chi connectivity index (χ1n) is 10.7. The van der Waals surface area contributed by atoms with Crippen LogP contribution in [0.2, 0.25) is 0 Å². The molecule has 1 fully saturated rings. The molecule has 1 atom stereocenters. The lowest BCUT2D eigenvalue weighted by Crippen LogP contribution is -2.39. The van der Waals surface area contributed by atoms with Gasteiger partial charge in [0, 0.05) is 24.6 Å². The zero-order valence-corrected chi connectivity index (χ0v) is 18.0. The number of nitrogens with zero attached hydrogens (tertiary/aromatic N) is 1. The first-order chi connectivity index (χ1) is 14.7. The zero-order valence-electron chi connectivity index (χ0n) is 18.0. The summed E-state index contributed by atoms with van der Waals surface area (Å²) < 4.78 is 17.3. The lowest BCUT2D eigenvalue weighted by Gasteiger charge is -2.15. The maximum absolute atomic E-state index is 6.13. The highest BCUT2D eigenvalue weighted by atomic mass is 16.5. The van der Waals surface area contributed by atoms with Crippen molar-refractivity contribution in [1.29, 1.82) is 0 Å². The number of hydrogen-bond donors (Lipinski definition) is 2. The fourth-order valence-electron chi connectivity index (χ4n) is 3.21. The molecule has 1 aliphatic heterocycles. The third-order valence-corrected chi connectivity index (χ3v) is 4.88. The van der Waals surface area contributed by atoms with Gasteiger partial charge in [0.15, 0.2) is 5.96 Å². The Morgan fingerprint density at radius 1 is 1.13 bits per heavy atom. The van der Waals surface area contributed by atoms with Crippen LogP contribution >= 0.6 is 0 Å². The Hall–Kier alpha value is -2.73. The topological polar surface area (TPSA) is 64.1 Å². The van der Waals surface area contributed by atoms with Crippen molar-refractivity contribution >= 4 is 5.96 Å². The number of rotatable bonds is 10. The largest absolute Gasteiger partial charge is 0.493 e. The van der Waals surface area contributed by atoms with Gasteiger partial charge >= 0.3 is 0 Å². The van der Waals surface area contributed by atoms with Crippen LogP contribution in [0, 0.1) is 12.8 Å². The maximum Gasteiger partial charge on any atom is 0.191 e. The van der Waals surface area contributed by atoms with Crippen LogP contribution in [0.3, 0.4) is 0 Å². The molecule has 1 saturated heterocycles. The molecule has 2 aromatic carbocycles. The Morgan fingerprint density at radius 3 is 2.77 bits per heavy atom. The smallest absolute Gasteiger partial charge is 0.191 e. The van der Waals surface area contributed by atoms with Gasteiger partial charge in [-0.05, 0) is 44.0 Å². The van der Waals surface area contributed by atoms with E-state index in [1.807, 2.05) is 30.3 Å². The van der Waals surface area contributed by atoms with Gasteiger partial charge in [0.25, 0.3) is 0 Å². The van der Waals surface area contributed by atoms with E-state index in [1.165, 1.54) is 5.56 Å². The summed E-state index contributed by atoms with van der Waals surface area (Å²) in [5.74, 6) is 3.03. The highest BCUT2D eigenvalue weighted by Gasteiger charge is 2.17. The van der Waals surface area contributed by atoms with Crippen LogP contribution in [-0.2, 0) is 11.3 Å². The molecule has 6 nitrogen and oxygen atoms in total. The number of aliphatic imine (C=N–C) groups is 1. The lowest BCUT2D eigenvalue weighted by atomic mass is 10.1. The molecular weight excluding hydrogens is 378 g/mol. The molecular formula is C24H33N3O3. The summed E-state index contributed by atoms with van der Waals surface area (Å²) in [6.07, 6.45) is 1.07. The third kappa shape index (κ3) is 7.26. The second-order valence-electron chi connectivity index (χ2n) is 7.44. The van der Waals surface area contributed by atoms with E-state index in [0.717, 1.165) is 49.2 Å². The predicted octanol–water partition coefficient (Wildman–Crippen LogP) is 3.54. The van der Waals surface area contributed by atoms with E-state index in [-0.39, 0.29) is 0 Å². The Labute approximate surface area is 179 Å². The summed E-state index contributed by atoms with van der Waals surface area (Å²) in [4.78, 5) is 4.73. The number of nitrogens with one attached hydrogen (secondary N) is 2. The first-order valence-corrected chi connectivity index (χ1v) is 10.7. The van der Waals surface area contributed by atoms with Gasteiger partial charge in [0.2, 0.25) is 0 Å². The number of benzene rings is 2. The van der Waals surface area contributed by atoms with Gasteiger partial charge in [-0.3, -0.25) is 0 Å². The molecule has 0 amide bonds. The van der Waals surface area contributed by atoms with Gasteiger partial charge in [-0.1, -0.05) is 30.3 Å². The summed E-state index contributed by atoms with van der Waals surface area (Å²) in [6, 6.07) is 16.1. The molecule has 1 unspecified atom stereocenters. The van der Waals surface area contributed by atoms with Crippen LogP contribution in [0.5, 0.6) is 11.5 Å². The number of guanidine groups is 1. The van der Waals surface area contributed by atoms with E-state index < -0.39 is 0 Å². The van der Waals surface area contributed by atoms with Crippen molar-refractivity contribution in [3.8, 4) is 11.5 Å². The molecule has 0 radical (unpaired) electrons. The summed E-state index contributed by atoms with van der Waals surface area (Å²) in [5, 5.41) is 6.61. The van der Waals surface area contributed by atoms with E-state index in [2.05, 4.69) is 42.7 Å². The normalized spacial score (nSPS) is 16.3. The van der Waals surface area contributed by atoms with Crippen molar-refractivity contribution in [2.45, 2.75) is 26.8 Å². The van der Waals surface area contributed by atoms with Crippen LogP contribution in [0.25, 0.3) is 0 Å². The van der Waals surface area contributed by atoms with Crippen molar-refractivity contribution in [2.75, 3.05) is 39.5 Å². The Bertz CT molecular complexity index is 790. The maximum atomic E-state index is 6.13. The van der Waals surface area contributed by atoms with Crippen molar-refractivity contribution in [3.05, 3.63) is 59.7 Å². The highest BCUT2D eigenvalue weighted by Crippen LogP contribution is 2.23. The minimum Gasteiger partial charge on any atom is -0.493 e. The second-order valence-corrected chi connectivity index (χ2v) is 7.44. The Balaban J connectivity index is 1.53. The molecule has 1 heterocycles. The monoisotopic (exact) mass is 411 g/mol. The molecule has 0 aromatic heterocycles. The summed E-state index contributed by atoms with van der Waals surface area (Å²) in [7, 11) is 0. The molecule has 162 valence electrons. The zero-order chi connectivity index (χ0) is 21.0.